The Labute approximate surface area is 171 Å². The molecule has 0 aliphatic heterocycles. The van der Waals surface area contributed by atoms with Crippen molar-refractivity contribution in [3.63, 3.8) is 0 Å². The van der Waals surface area contributed by atoms with Gasteiger partial charge in [0.25, 0.3) is 0 Å². The Morgan fingerprint density at radius 1 is 1.07 bits per heavy atom. The molecule has 6 nitrogen and oxygen atoms in total. The molecule has 0 aliphatic rings. The number of hydrogen-bond acceptors (Lipinski definition) is 6. The molecule has 0 amide bonds. The lowest BCUT2D eigenvalue weighted by Crippen LogP contribution is -2.41. The van der Waals surface area contributed by atoms with Crippen molar-refractivity contribution in [3.8, 4) is 0 Å². The quantitative estimate of drug-likeness (QED) is 0.412. The molecule has 2 aromatic carbocycles. The third-order valence-corrected chi connectivity index (χ3v) is 5.56. The summed E-state index contributed by atoms with van der Waals surface area (Å²) in [7, 11) is 0. The first-order valence-electron chi connectivity index (χ1n) is 8.99. The monoisotopic (exact) mass is 405 g/mol. The molecule has 0 atom stereocenters. The fourth-order valence-electron chi connectivity index (χ4n) is 3.18. The predicted octanol–water partition coefficient (Wildman–Crippen LogP) is 4.81. The van der Waals surface area contributed by atoms with Gasteiger partial charge in [0.1, 0.15) is 5.82 Å². The minimum absolute atomic E-state index is 0.153. The summed E-state index contributed by atoms with van der Waals surface area (Å²) in [6.07, 6.45) is 0. The third-order valence-electron chi connectivity index (χ3n) is 4.61. The minimum Gasteiger partial charge on any atom is -0.478 e. The first kappa shape index (κ1) is 19.0. The van der Waals surface area contributed by atoms with Crippen LogP contribution in [0, 0.1) is 0 Å². The van der Waals surface area contributed by atoms with Crippen LogP contribution in [-0.2, 0) is 0 Å². The number of thiophene rings is 1. The zero-order chi connectivity index (χ0) is 20.8. The number of nitrogens with two attached hydrogens (primary N) is 1. The summed E-state index contributed by atoms with van der Waals surface area (Å²) in [6, 6.07) is 14.0. The van der Waals surface area contributed by atoms with Gasteiger partial charge < -0.3 is 16.2 Å². The Morgan fingerprint density at radius 2 is 1.86 bits per heavy atom. The van der Waals surface area contributed by atoms with E-state index >= 15 is 0 Å². The van der Waals surface area contributed by atoms with Crippen molar-refractivity contribution in [2.45, 2.75) is 19.4 Å². The van der Waals surface area contributed by atoms with Crippen molar-refractivity contribution in [1.82, 2.24) is 4.98 Å². The number of nitrogens with one attached hydrogen (secondary N) is 1. The molecule has 4 N–H and O–H groups in total. The number of hydrogen-bond donors (Lipinski definition) is 3. The van der Waals surface area contributed by atoms with E-state index in [0.29, 0.717) is 22.6 Å². The number of fused-ring (bicyclic) bond motifs is 3. The van der Waals surface area contributed by atoms with Crippen LogP contribution in [0.4, 0.5) is 11.5 Å². The molecule has 0 aliphatic carbocycles. The van der Waals surface area contributed by atoms with Gasteiger partial charge in [-0.2, -0.15) is 0 Å². The van der Waals surface area contributed by atoms with E-state index in [4.69, 9.17) is 5.73 Å². The molecule has 2 aromatic heterocycles. The Balaban J connectivity index is 1.80. The number of carbonyl (C=O) groups excluding carboxylic acids is 1. The number of carboxylic acid groups (broad SMARTS) is 1. The van der Waals surface area contributed by atoms with Crippen LogP contribution >= 0.6 is 11.3 Å². The molecule has 2 heterocycles. The molecular formula is C22H19N3O3S. The van der Waals surface area contributed by atoms with E-state index in [-0.39, 0.29) is 11.3 Å². The van der Waals surface area contributed by atoms with Crippen molar-refractivity contribution in [2.24, 2.45) is 5.73 Å². The minimum atomic E-state index is -0.995. The van der Waals surface area contributed by atoms with Crippen LogP contribution in [0.3, 0.4) is 0 Å². The summed E-state index contributed by atoms with van der Waals surface area (Å²) in [4.78, 5) is 28.5. The molecule has 0 bridgehead atoms. The smallest absolute Gasteiger partial charge is 0.335 e. The Hall–Kier alpha value is -3.29. The number of aromatic carboxylic acids is 1. The molecule has 7 heteroatoms. The zero-order valence-corrected chi connectivity index (χ0v) is 16.7. The summed E-state index contributed by atoms with van der Waals surface area (Å²) >= 11 is 1.57. The average Bonchev–Trinajstić information content (AvgIpc) is 3.17. The first-order valence-corrected chi connectivity index (χ1v) is 9.87. The number of nitrogens with zero attached hydrogens (tertiary/aromatic N) is 1. The molecule has 0 saturated carbocycles. The van der Waals surface area contributed by atoms with Gasteiger partial charge in [0.2, 0.25) is 0 Å². The van der Waals surface area contributed by atoms with E-state index in [1.165, 1.54) is 0 Å². The molecule has 4 rings (SSSR count). The number of carbonyl (C=O) groups is 2. The lowest BCUT2D eigenvalue weighted by atomic mass is 9.94. The van der Waals surface area contributed by atoms with E-state index < -0.39 is 11.5 Å². The zero-order valence-electron chi connectivity index (χ0n) is 15.9. The summed E-state index contributed by atoms with van der Waals surface area (Å²) in [5.41, 5.74) is 6.98. The molecule has 29 heavy (non-hydrogen) atoms. The first-order chi connectivity index (χ1) is 13.7. The maximum atomic E-state index is 12.5. The summed E-state index contributed by atoms with van der Waals surface area (Å²) in [5, 5.41) is 16.4. The van der Waals surface area contributed by atoms with Crippen LogP contribution in [0.25, 0.3) is 21.0 Å². The molecule has 0 saturated heterocycles. The van der Waals surface area contributed by atoms with Crippen molar-refractivity contribution in [2.75, 3.05) is 5.32 Å². The number of pyridine rings is 1. The summed E-state index contributed by atoms with van der Waals surface area (Å²) < 4.78 is 1.02. The number of benzene rings is 2. The highest BCUT2D eigenvalue weighted by Crippen LogP contribution is 2.35. The van der Waals surface area contributed by atoms with Gasteiger partial charge in [0.15, 0.2) is 5.78 Å². The molecule has 4 aromatic rings. The van der Waals surface area contributed by atoms with Crippen LogP contribution in [0.1, 0.15) is 34.6 Å². The van der Waals surface area contributed by atoms with Crippen LogP contribution in [-0.4, -0.2) is 27.4 Å². The highest BCUT2D eigenvalue weighted by atomic mass is 32.1. The van der Waals surface area contributed by atoms with Crippen molar-refractivity contribution in [3.05, 3.63) is 65.0 Å². The average molecular weight is 405 g/mol. The van der Waals surface area contributed by atoms with Gasteiger partial charge in [-0.25, -0.2) is 9.78 Å². The second-order valence-electron chi connectivity index (χ2n) is 7.42. The second kappa shape index (κ2) is 6.95. The van der Waals surface area contributed by atoms with Gasteiger partial charge in [-0.3, -0.25) is 4.79 Å². The number of Topliss-reactive ketones (excluding diaryl/α,β-unsaturated/α-hetero) is 1. The predicted molar refractivity (Wildman–Crippen MR) is 116 cm³/mol. The Morgan fingerprint density at radius 3 is 2.59 bits per heavy atom. The number of rotatable bonds is 5. The third kappa shape index (κ3) is 3.57. The topological polar surface area (TPSA) is 105 Å². The fourth-order valence-corrected chi connectivity index (χ4v) is 4.11. The van der Waals surface area contributed by atoms with E-state index in [2.05, 4.69) is 10.3 Å². The molecular weight excluding hydrogens is 386 g/mol. The normalized spacial score (nSPS) is 11.7. The van der Waals surface area contributed by atoms with Crippen LogP contribution in [0.5, 0.6) is 0 Å². The van der Waals surface area contributed by atoms with Crippen LogP contribution in [0.15, 0.2) is 53.9 Å². The van der Waals surface area contributed by atoms with E-state index in [0.717, 1.165) is 15.5 Å². The van der Waals surface area contributed by atoms with Crippen molar-refractivity contribution >= 4 is 55.6 Å². The summed E-state index contributed by atoms with van der Waals surface area (Å²) in [5.74, 6) is -0.544. The fraction of sp³-hybridized carbons (Fsp3) is 0.136. The second-order valence-corrected chi connectivity index (χ2v) is 8.33. The number of aromatic nitrogens is 1. The molecule has 0 unspecified atom stereocenters. The molecule has 146 valence electrons. The molecule has 0 spiro atoms. The number of ketones is 1. The largest absolute Gasteiger partial charge is 0.478 e. The lowest BCUT2D eigenvalue weighted by Gasteiger charge is -2.17. The van der Waals surface area contributed by atoms with Gasteiger partial charge >= 0.3 is 5.97 Å². The van der Waals surface area contributed by atoms with Gasteiger partial charge in [-0.05, 0) is 49.6 Å². The maximum absolute atomic E-state index is 12.5. The number of carboxylic acids is 1. The van der Waals surface area contributed by atoms with Gasteiger partial charge in [-0.15, -0.1) is 11.3 Å². The van der Waals surface area contributed by atoms with Crippen LogP contribution < -0.4 is 11.1 Å². The Bertz CT molecular complexity index is 1270. The maximum Gasteiger partial charge on any atom is 0.335 e. The molecule has 0 fully saturated rings. The van der Waals surface area contributed by atoms with E-state index in [9.17, 15) is 14.7 Å². The van der Waals surface area contributed by atoms with Gasteiger partial charge in [0.05, 0.1) is 16.6 Å². The van der Waals surface area contributed by atoms with Crippen LogP contribution in [0.2, 0.25) is 0 Å². The van der Waals surface area contributed by atoms with Gasteiger partial charge in [-0.1, -0.05) is 18.2 Å². The Kier molecular flexibility index (Phi) is 4.56. The van der Waals surface area contributed by atoms with E-state index in [1.54, 1.807) is 61.6 Å². The lowest BCUT2D eigenvalue weighted by molar-refractivity contribution is 0.0696. The van der Waals surface area contributed by atoms with Gasteiger partial charge in [0, 0.05) is 26.7 Å². The molecule has 0 radical (unpaired) electrons. The van der Waals surface area contributed by atoms with Crippen molar-refractivity contribution in [1.29, 1.82) is 0 Å². The highest BCUT2D eigenvalue weighted by Gasteiger charge is 2.23. The standard InChI is InChI=1S/C22H19N3O3S/c1-22(2,23)19(26)12-4-3-5-14(10-12)24-20-16-8-9-29-18(16)15-7-6-13(21(27)28)11-17(15)25-20/h3-11H,23H2,1-2H3,(H,24,25)(H,27,28). The highest BCUT2D eigenvalue weighted by molar-refractivity contribution is 7.18. The van der Waals surface area contributed by atoms with E-state index in [1.807, 2.05) is 17.5 Å². The van der Waals surface area contributed by atoms with Crippen molar-refractivity contribution < 1.29 is 14.7 Å². The summed E-state index contributed by atoms with van der Waals surface area (Å²) in [6.45, 7) is 3.35. The SMILES string of the molecule is CC(C)(N)C(=O)c1cccc(Nc2nc3cc(C(=O)O)ccc3c3sccc23)c1. The number of anilines is 2.